The van der Waals surface area contributed by atoms with Gasteiger partial charge in [-0.15, -0.1) is 0 Å². The number of pyridine rings is 4. The van der Waals surface area contributed by atoms with Crippen LogP contribution in [0.4, 0.5) is 0 Å². The Morgan fingerprint density at radius 2 is 0.909 bits per heavy atom. The Morgan fingerprint density at radius 1 is 0.386 bits per heavy atom. The molecule has 7 aromatic rings. The zero-order chi connectivity index (χ0) is 29.3. The number of benzene rings is 3. The molecule has 0 spiro atoms. The molecule has 1 aliphatic carbocycles. The fraction of sp³-hybridized carbons (Fsp3) is 0.0500. The monoisotopic (exact) mass is 564 g/mol. The lowest BCUT2D eigenvalue weighted by atomic mass is 9.85. The largest absolute Gasteiger partial charge is 0.255 e. The Bertz CT molecular complexity index is 2230. The average molecular weight is 565 g/mol. The van der Waals surface area contributed by atoms with Crippen LogP contribution in [0.25, 0.3) is 79.1 Å². The Morgan fingerprint density at radius 3 is 1.43 bits per heavy atom. The molecule has 1 aliphatic rings. The van der Waals surface area contributed by atoms with Crippen molar-refractivity contribution in [1.29, 1.82) is 0 Å². The average Bonchev–Trinajstić information content (AvgIpc) is 3.12. The fourth-order valence-electron chi connectivity index (χ4n) is 6.26. The lowest BCUT2D eigenvalue weighted by Crippen LogP contribution is -2.31. The Hall–Kier alpha value is -5.74. The summed E-state index contributed by atoms with van der Waals surface area (Å²) in [7, 11) is 0. The minimum atomic E-state index is 0.865. The van der Waals surface area contributed by atoms with Gasteiger partial charge in [-0.25, -0.2) is 0 Å². The number of nitrogens with zero attached hydrogens (tertiary/aromatic N) is 4. The first-order valence-electron chi connectivity index (χ1n) is 14.9. The lowest BCUT2D eigenvalue weighted by Gasteiger charge is -2.18. The van der Waals surface area contributed by atoms with E-state index in [1.54, 1.807) is 12.4 Å². The van der Waals surface area contributed by atoms with Crippen LogP contribution in [-0.4, -0.2) is 19.9 Å². The van der Waals surface area contributed by atoms with Gasteiger partial charge in [0.15, 0.2) is 0 Å². The van der Waals surface area contributed by atoms with Crippen molar-refractivity contribution in [3.8, 4) is 56.2 Å². The van der Waals surface area contributed by atoms with Crippen LogP contribution in [0.15, 0.2) is 134 Å². The summed E-state index contributed by atoms with van der Waals surface area (Å²) in [6, 6.07) is 37.8. The van der Waals surface area contributed by atoms with Gasteiger partial charge in [-0.05, 0) is 98.8 Å². The summed E-state index contributed by atoms with van der Waals surface area (Å²) < 4.78 is 0. The second-order valence-corrected chi connectivity index (χ2v) is 11.0. The molecule has 0 unspecified atom stereocenters. The highest BCUT2D eigenvalue weighted by molar-refractivity contribution is 6.07. The highest BCUT2D eigenvalue weighted by atomic mass is 14.8. The summed E-state index contributed by atoms with van der Waals surface area (Å²) in [5, 5.41) is 4.91. The molecule has 3 aromatic carbocycles. The van der Waals surface area contributed by atoms with Gasteiger partial charge in [0, 0.05) is 35.9 Å². The highest BCUT2D eigenvalue weighted by Crippen LogP contribution is 2.35. The van der Waals surface area contributed by atoms with Crippen LogP contribution in [-0.2, 0) is 0 Å². The van der Waals surface area contributed by atoms with Gasteiger partial charge in [-0.3, -0.25) is 19.9 Å². The van der Waals surface area contributed by atoms with Gasteiger partial charge in [-0.2, -0.15) is 0 Å². The molecule has 0 fully saturated rings. The summed E-state index contributed by atoms with van der Waals surface area (Å²) in [5.74, 6) is 0. The topological polar surface area (TPSA) is 51.6 Å². The van der Waals surface area contributed by atoms with Gasteiger partial charge >= 0.3 is 0 Å². The van der Waals surface area contributed by atoms with Gasteiger partial charge < -0.3 is 0 Å². The molecule has 8 rings (SSSR count). The van der Waals surface area contributed by atoms with Gasteiger partial charge in [0.2, 0.25) is 0 Å². The number of hydrogen-bond acceptors (Lipinski definition) is 4. The second kappa shape index (κ2) is 11.2. The molecular formula is C40H28N4. The third-order valence-corrected chi connectivity index (χ3v) is 8.32. The Balaban J connectivity index is 1.38. The van der Waals surface area contributed by atoms with E-state index in [1.807, 2.05) is 48.8 Å². The first-order valence-corrected chi connectivity index (χ1v) is 14.9. The molecule has 0 saturated carbocycles. The molecule has 208 valence electrons. The van der Waals surface area contributed by atoms with Crippen molar-refractivity contribution in [3.63, 3.8) is 0 Å². The minimum Gasteiger partial charge on any atom is -0.255 e. The lowest BCUT2D eigenvalue weighted by molar-refractivity contribution is 1.12. The van der Waals surface area contributed by atoms with Crippen molar-refractivity contribution in [2.75, 3.05) is 0 Å². The summed E-state index contributed by atoms with van der Waals surface area (Å²) in [5.41, 5.74) is 10.5. The summed E-state index contributed by atoms with van der Waals surface area (Å²) >= 11 is 0. The van der Waals surface area contributed by atoms with Crippen LogP contribution < -0.4 is 10.4 Å². The van der Waals surface area contributed by atoms with Gasteiger partial charge in [0.1, 0.15) is 0 Å². The molecule has 0 atom stereocenters. The van der Waals surface area contributed by atoms with Crippen molar-refractivity contribution in [3.05, 3.63) is 144 Å². The molecule has 0 aliphatic heterocycles. The second-order valence-electron chi connectivity index (χ2n) is 11.0. The standard InChI is InChI=1S/C40H28N4/c1-2-10-27(11-3-1)28-16-19-33-34(24-28)40(30-18-21-38(44-26-30)36-15-7-9-23-42-36)32-13-5-4-12-31(32)39(33)29-17-20-37(43-25-29)35-14-6-8-22-41-35/h1-3,6-26H,4-5H2. The zero-order valence-corrected chi connectivity index (χ0v) is 24.1. The number of hydrogen-bond donors (Lipinski definition) is 0. The van der Waals surface area contributed by atoms with E-state index in [9.17, 15) is 0 Å². The van der Waals surface area contributed by atoms with Gasteiger partial charge in [0.05, 0.1) is 22.8 Å². The van der Waals surface area contributed by atoms with Crippen LogP contribution in [0, 0.1) is 0 Å². The van der Waals surface area contributed by atoms with E-state index in [1.165, 1.54) is 43.5 Å². The molecule has 0 radical (unpaired) electrons. The molecule has 0 N–H and O–H groups in total. The number of rotatable bonds is 5. The third-order valence-electron chi connectivity index (χ3n) is 8.32. The van der Waals surface area contributed by atoms with Crippen molar-refractivity contribution in [2.24, 2.45) is 0 Å². The van der Waals surface area contributed by atoms with Crippen molar-refractivity contribution < 1.29 is 0 Å². The van der Waals surface area contributed by atoms with Crippen molar-refractivity contribution in [2.45, 2.75) is 12.8 Å². The van der Waals surface area contributed by atoms with Crippen LogP contribution in [0.5, 0.6) is 0 Å². The summed E-state index contributed by atoms with van der Waals surface area (Å²) in [6.07, 6.45) is 14.4. The maximum atomic E-state index is 4.88. The van der Waals surface area contributed by atoms with Gasteiger partial charge in [-0.1, -0.05) is 78.9 Å². The van der Waals surface area contributed by atoms with Crippen LogP contribution in [0.2, 0.25) is 0 Å². The summed E-state index contributed by atoms with van der Waals surface area (Å²) in [4.78, 5) is 18.7. The molecule has 0 bridgehead atoms. The molecule has 0 saturated heterocycles. The van der Waals surface area contributed by atoms with E-state index in [0.29, 0.717) is 0 Å². The molecule has 4 aromatic heterocycles. The van der Waals surface area contributed by atoms with E-state index in [-0.39, 0.29) is 0 Å². The van der Waals surface area contributed by atoms with Gasteiger partial charge in [0.25, 0.3) is 0 Å². The van der Waals surface area contributed by atoms with Crippen molar-refractivity contribution in [1.82, 2.24) is 19.9 Å². The molecular weight excluding hydrogens is 536 g/mol. The quantitative estimate of drug-likeness (QED) is 0.212. The van der Waals surface area contributed by atoms with E-state index in [4.69, 9.17) is 9.97 Å². The first kappa shape index (κ1) is 25.9. The van der Waals surface area contributed by atoms with Crippen LogP contribution in [0.1, 0.15) is 12.8 Å². The predicted molar refractivity (Wildman–Crippen MR) is 180 cm³/mol. The summed E-state index contributed by atoms with van der Waals surface area (Å²) in [6.45, 7) is 0. The Labute approximate surface area is 255 Å². The third kappa shape index (κ3) is 4.67. The predicted octanol–water partition coefficient (Wildman–Crippen LogP) is 8.11. The first-order chi connectivity index (χ1) is 21.8. The minimum absolute atomic E-state index is 0.865. The number of fused-ring (bicyclic) bond motifs is 2. The normalized spacial score (nSPS) is 12.3. The smallest absolute Gasteiger partial charge is 0.0886 e. The Kier molecular flexibility index (Phi) is 6.58. The van der Waals surface area contributed by atoms with E-state index in [2.05, 4.69) is 94.9 Å². The molecule has 4 heterocycles. The van der Waals surface area contributed by atoms with E-state index in [0.717, 1.165) is 46.7 Å². The molecule has 0 amide bonds. The fourth-order valence-corrected chi connectivity index (χ4v) is 6.26. The van der Waals surface area contributed by atoms with Crippen molar-refractivity contribution >= 4 is 22.9 Å². The van der Waals surface area contributed by atoms with Crippen LogP contribution in [0.3, 0.4) is 0 Å². The number of aromatic nitrogens is 4. The van der Waals surface area contributed by atoms with E-state index < -0.39 is 0 Å². The maximum Gasteiger partial charge on any atom is 0.0886 e. The maximum absolute atomic E-state index is 4.88. The molecule has 4 heteroatoms. The van der Waals surface area contributed by atoms with Crippen LogP contribution >= 0.6 is 0 Å². The molecule has 44 heavy (non-hydrogen) atoms. The van der Waals surface area contributed by atoms with E-state index >= 15 is 0 Å². The highest BCUT2D eigenvalue weighted by Gasteiger charge is 2.18. The zero-order valence-electron chi connectivity index (χ0n) is 24.1. The molecule has 4 nitrogen and oxygen atoms in total. The SMILES string of the molecule is C1=c2c(-c3ccc(-c4ccccn4)nc3)c3ccc(-c4ccccc4)cc3c(-c3ccc(-c4ccccn4)nc3)c2=CCC1.